The third kappa shape index (κ3) is 2.71. The van der Waals surface area contributed by atoms with Gasteiger partial charge in [0.25, 0.3) is 0 Å². The lowest BCUT2D eigenvalue weighted by Gasteiger charge is -2.36. The molecule has 4 nitrogen and oxygen atoms in total. The van der Waals surface area contributed by atoms with Crippen molar-refractivity contribution in [2.24, 2.45) is 7.05 Å². The van der Waals surface area contributed by atoms with Gasteiger partial charge in [0.2, 0.25) is 0 Å². The molecule has 1 aliphatic heterocycles. The van der Waals surface area contributed by atoms with E-state index in [2.05, 4.69) is 12.0 Å². The lowest BCUT2D eigenvalue weighted by molar-refractivity contribution is -0.103. The molecule has 2 heterocycles. The van der Waals surface area contributed by atoms with E-state index in [-0.39, 0.29) is 6.10 Å². The zero-order valence-corrected chi connectivity index (χ0v) is 12.0. The first kappa shape index (κ1) is 13.8. The minimum absolute atomic E-state index is 0.152. The molecule has 1 fully saturated rings. The van der Waals surface area contributed by atoms with E-state index >= 15 is 0 Å². The topological polar surface area (TPSA) is 47.3 Å². The molecule has 1 N–H and O–H groups in total. The van der Waals surface area contributed by atoms with Crippen LogP contribution >= 0.6 is 11.6 Å². The van der Waals surface area contributed by atoms with Crippen molar-refractivity contribution in [2.75, 3.05) is 6.61 Å². The Morgan fingerprint density at radius 2 is 2.33 bits per heavy atom. The van der Waals surface area contributed by atoms with Crippen LogP contribution in [-0.2, 0) is 18.2 Å². The molecule has 1 aliphatic rings. The third-order valence-corrected chi connectivity index (χ3v) is 4.23. The highest BCUT2D eigenvalue weighted by Crippen LogP contribution is 2.32. The van der Waals surface area contributed by atoms with Crippen LogP contribution in [0.15, 0.2) is 0 Å². The summed E-state index contributed by atoms with van der Waals surface area (Å²) >= 11 is 6.22. The summed E-state index contributed by atoms with van der Waals surface area (Å²) in [7, 11) is 1.82. The molecule has 1 aromatic rings. The van der Waals surface area contributed by atoms with Gasteiger partial charge < -0.3 is 9.84 Å². The summed E-state index contributed by atoms with van der Waals surface area (Å²) in [6, 6.07) is 0. The fraction of sp³-hybridized carbons (Fsp3) is 0.769. The van der Waals surface area contributed by atoms with Gasteiger partial charge in [0.05, 0.1) is 17.4 Å². The van der Waals surface area contributed by atoms with Crippen molar-refractivity contribution in [2.45, 2.75) is 51.2 Å². The van der Waals surface area contributed by atoms with Gasteiger partial charge in [-0.05, 0) is 19.8 Å². The quantitative estimate of drug-likeness (QED) is 0.918. The molecule has 0 spiro atoms. The highest BCUT2D eigenvalue weighted by atomic mass is 35.5. The highest BCUT2D eigenvalue weighted by Gasteiger charge is 2.36. The van der Waals surface area contributed by atoms with Crippen LogP contribution in [0.25, 0.3) is 0 Å². The van der Waals surface area contributed by atoms with Crippen LogP contribution in [-0.4, -0.2) is 33.2 Å². The molecule has 0 bridgehead atoms. The molecule has 0 saturated carbocycles. The smallest absolute Gasteiger partial charge is 0.130 e. The Balaban J connectivity index is 2.16. The first-order chi connectivity index (χ1) is 8.45. The molecule has 2 atom stereocenters. The lowest BCUT2D eigenvalue weighted by atomic mass is 9.84. The number of hydrogen-bond donors (Lipinski definition) is 1. The molecule has 1 saturated heterocycles. The number of rotatable bonds is 3. The van der Waals surface area contributed by atoms with Crippen molar-refractivity contribution in [3.63, 3.8) is 0 Å². The Kier molecular flexibility index (Phi) is 3.99. The van der Waals surface area contributed by atoms with Gasteiger partial charge in [-0.1, -0.05) is 18.5 Å². The predicted octanol–water partition coefficient (Wildman–Crippen LogP) is 2.24. The van der Waals surface area contributed by atoms with Crippen molar-refractivity contribution in [1.29, 1.82) is 0 Å². The van der Waals surface area contributed by atoms with E-state index in [1.165, 1.54) is 0 Å². The molecule has 102 valence electrons. The summed E-state index contributed by atoms with van der Waals surface area (Å²) in [6.45, 7) is 4.63. The summed E-state index contributed by atoms with van der Waals surface area (Å²) in [6.07, 6.45) is 2.98. The van der Waals surface area contributed by atoms with Crippen LogP contribution < -0.4 is 0 Å². The maximum absolute atomic E-state index is 10.7. The van der Waals surface area contributed by atoms with Crippen molar-refractivity contribution < 1.29 is 9.84 Å². The molecule has 0 aromatic carbocycles. The average molecular weight is 273 g/mol. The molecular weight excluding hydrogens is 252 g/mol. The maximum Gasteiger partial charge on any atom is 0.130 e. The van der Waals surface area contributed by atoms with Crippen LogP contribution in [0.4, 0.5) is 0 Å². The van der Waals surface area contributed by atoms with Crippen molar-refractivity contribution >= 4 is 11.6 Å². The second-order valence-electron chi connectivity index (χ2n) is 5.23. The number of aromatic nitrogens is 2. The summed E-state index contributed by atoms with van der Waals surface area (Å²) in [5, 5.41) is 15.6. The molecule has 18 heavy (non-hydrogen) atoms. The molecule has 5 heteroatoms. The average Bonchev–Trinajstić information content (AvgIpc) is 2.56. The van der Waals surface area contributed by atoms with Crippen LogP contribution in [0, 0.1) is 6.92 Å². The van der Waals surface area contributed by atoms with Crippen molar-refractivity contribution in [1.82, 2.24) is 9.78 Å². The summed E-state index contributed by atoms with van der Waals surface area (Å²) in [4.78, 5) is 0. The molecule has 1 aromatic heterocycles. The molecule has 0 amide bonds. The Morgan fingerprint density at radius 3 is 2.89 bits per heavy atom. The molecular formula is C13H21ClN2O2. The number of ether oxygens (including phenoxy) is 1. The van der Waals surface area contributed by atoms with Gasteiger partial charge in [0, 0.05) is 32.1 Å². The van der Waals surface area contributed by atoms with E-state index in [0.717, 1.165) is 17.7 Å². The van der Waals surface area contributed by atoms with Gasteiger partial charge in [-0.3, -0.25) is 4.68 Å². The zero-order valence-electron chi connectivity index (χ0n) is 11.2. The number of aryl methyl sites for hydroxylation is 2. The van der Waals surface area contributed by atoms with Gasteiger partial charge in [0.1, 0.15) is 5.15 Å². The Hall–Kier alpha value is -0.580. The zero-order chi connectivity index (χ0) is 13.3. The molecule has 2 unspecified atom stereocenters. The predicted molar refractivity (Wildman–Crippen MR) is 70.9 cm³/mol. The summed E-state index contributed by atoms with van der Waals surface area (Å²) < 4.78 is 7.27. The van der Waals surface area contributed by atoms with E-state index in [1.54, 1.807) is 4.68 Å². The summed E-state index contributed by atoms with van der Waals surface area (Å²) in [5.41, 5.74) is 1.14. The second kappa shape index (κ2) is 5.19. The molecule has 0 aliphatic carbocycles. The maximum atomic E-state index is 10.7. The van der Waals surface area contributed by atoms with E-state index in [1.807, 2.05) is 14.0 Å². The second-order valence-corrected chi connectivity index (χ2v) is 5.59. The largest absolute Gasteiger partial charge is 0.389 e. The van der Waals surface area contributed by atoms with Gasteiger partial charge in [-0.15, -0.1) is 0 Å². The number of halogens is 1. The number of aliphatic hydroxyl groups is 1. The van der Waals surface area contributed by atoms with Gasteiger partial charge in [-0.25, -0.2) is 0 Å². The normalized spacial score (nSPS) is 28.6. The minimum Gasteiger partial charge on any atom is -0.389 e. The van der Waals surface area contributed by atoms with Crippen LogP contribution in [0.5, 0.6) is 0 Å². The fourth-order valence-corrected chi connectivity index (χ4v) is 2.87. The first-order valence-corrected chi connectivity index (χ1v) is 6.85. The van der Waals surface area contributed by atoms with Crippen molar-refractivity contribution in [3.05, 3.63) is 16.4 Å². The van der Waals surface area contributed by atoms with Crippen LogP contribution in [0.3, 0.4) is 0 Å². The highest BCUT2D eigenvalue weighted by molar-refractivity contribution is 6.30. The standard InChI is InChI=1S/C13H21ClN2O2/c1-4-10-7-13(17,5-6-18-10)8-11-9(2)15-16(3)12(11)14/h10,17H,4-8H2,1-3H3. The van der Waals surface area contributed by atoms with E-state index in [0.29, 0.717) is 31.0 Å². The molecule has 2 rings (SSSR count). The molecule has 0 radical (unpaired) electrons. The van der Waals surface area contributed by atoms with E-state index < -0.39 is 5.60 Å². The van der Waals surface area contributed by atoms with Crippen molar-refractivity contribution in [3.8, 4) is 0 Å². The Morgan fingerprint density at radius 1 is 1.61 bits per heavy atom. The van der Waals surface area contributed by atoms with E-state index in [9.17, 15) is 5.11 Å². The van der Waals surface area contributed by atoms with Gasteiger partial charge in [-0.2, -0.15) is 5.10 Å². The van der Waals surface area contributed by atoms with E-state index in [4.69, 9.17) is 16.3 Å². The number of nitrogens with zero attached hydrogens (tertiary/aromatic N) is 2. The Bertz CT molecular complexity index is 433. The lowest BCUT2D eigenvalue weighted by Crippen LogP contribution is -2.42. The van der Waals surface area contributed by atoms with Gasteiger partial charge >= 0.3 is 0 Å². The Labute approximate surface area is 113 Å². The summed E-state index contributed by atoms with van der Waals surface area (Å²) in [5.74, 6) is 0. The monoisotopic (exact) mass is 272 g/mol. The van der Waals surface area contributed by atoms with Crippen LogP contribution in [0.2, 0.25) is 5.15 Å². The van der Waals surface area contributed by atoms with Gasteiger partial charge in [0.15, 0.2) is 0 Å². The fourth-order valence-electron chi connectivity index (χ4n) is 2.63. The number of hydrogen-bond acceptors (Lipinski definition) is 3. The third-order valence-electron chi connectivity index (χ3n) is 3.76. The SMILES string of the molecule is CCC1CC(O)(Cc2c(C)nn(C)c2Cl)CCO1. The van der Waals surface area contributed by atoms with Crippen LogP contribution in [0.1, 0.15) is 37.4 Å². The first-order valence-electron chi connectivity index (χ1n) is 6.47. The minimum atomic E-state index is -0.712.